The number of hydrogen-bond donors (Lipinski definition) is 1. The van der Waals surface area contributed by atoms with Crippen molar-refractivity contribution in [2.75, 3.05) is 37.0 Å². The first-order valence-corrected chi connectivity index (χ1v) is 11.0. The number of hydrogen-bond acceptors (Lipinski definition) is 4. The average molecular weight is 430 g/mol. The Kier molecular flexibility index (Phi) is 5.52. The van der Waals surface area contributed by atoms with Gasteiger partial charge < -0.3 is 15.1 Å². The number of nitrogens with zero attached hydrogens (tertiary/aromatic N) is 2. The second-order valence-electron chi connectivity index (χ2n) is 7.04. The summed E-state index contributed by atoms with van der Waals surface area (Å²) in [4.78, 5) is 41.6. The second kappa shape index (κ2) is 8.08. The number of rotatable bonds is 3. The van der Waals surface area contributed by atoms with E-state index in [1.165, 1.54) is 11.8 Å². The molecule has 2 aliphatic heterocycles. The maximum Gasteiger partial charge on any atom is 0.256 e. The molecule has 150 valence electrons. The minimum absolute atomic E-state index is 0.0100. The average Bonchev–Trinajstić information content (AvgIpc) is 2.83. The van der Waals surface area contributed by atoms with Crippen molar-refractivity contribution in [2.24, 2.45) is 0 Å². The number of carbonyl (C=O) groups excluding carboxylic acids is 3. The van der Waals surface area contributed by atoms with Crippen LogP contribution in [0.5, 0.6) is 0 Å². The molecular weight excluding hydrogens is 410 g/mol. The molecule has 2 aromatic rings. The maximum atomic E-state index is 13.3. The summed E-state index contributed by atoms with van der Waals surface area (Å²) in [5, 5.41) is 3.51. The second-order valence-corrected chi connectivity index (χ2v) is 8.35. The van der Waals surface area contributed by atoms with Gasteiger partial charge in [-0.05, 0) is 41.6 Å². The van der Waals surface area contributed by atoms with Crippen molar-refractivity contribution < 1.29 is 14.4 Å². The van der Waals surface area contributed by atoms with Crippen molar-refractivity contribution in [2.45, 2.75) is 6.04 Å². The van der Waals surface area contributed by atoms with Crippen LogP contribution in [-0.2, 0) is 9.59 Å². The number of thioether (sulfide) groups is 1. The Labute approximate surface area is 178 Å². The largest absolute Gasteiger partial charge is 0.338 e. The Balaban J connectivity index is 1.64. The van der Waals surface area contributed by atoms with Crippen LogP contribution in [-0.4, -0.2) is 65.2 Å². The van der Waals surface area contributed by atoms with Gasteiger partial charge in [0.1, 0.15) is 6.04 Å². The van der Waals surface area contributed by atoms with Crippen LogP contribution in [0.4, 0.5) is 5.69 Å². The zero-order chi connectivity index (χ0) is 20.5. The lowest BCUT2D eigenvalue weighted by molar-refractivity contribution is -0.133. The smallest absolute Gasteiger partial charge is 0.256 e. The quantitative estimate of drug-likeness (QED) is 0.814. The molecule has 0 radical (unpaired) electrons. The molecule has 8 heteroatoms. The van der Waals surface area contributed by atoms with E-state index in [1.807, 2.05) is 24.5 Å². The Morgan fingerprint density at radius 2 is 1.86 bits per heavy atom. The molecule has 29 heavy (non-hydrogen) atoms. The molecule has 1 saturated heterocycles. The highest BCUT2D eigenvalue weighted by atomic mass is 35.5. The first kappa shape index (κ1) is 19.8. The molecule has 1 unspecified atom stereocenters. The van der Waals surface area contributed by atoms with Gasteiger partial charge in [-0.1, -0.05) is 29.8 Å². The van der Waals surface area contributed by atoms with Crippen molar-refractivity contribution in [3.63, 3.8) is 0 Å². The van der Waals surface area contributed by atoms with Gasteiger partial charge in [-0.25, -0.2) is 0 Å². The van der Waals surface area contributed by atoms with Crippen LogP contribution in [0.15, 0.2) is 42.5 Å². The van der Waals surface area contributed by atoms with E-state index < -0.39 is 6.04 Å². The number of anilines is 1. The van der Waals surface area contributed by atoms with E-state index in [0.717, 1.165) is 11.1 Å². The summed E-state index contributed by atoms with van der Waals surface area (Å²) in [7, 11) is 0. The summed E-state index contributed by atoms with van der Waals surface area (Å²) < 4.78 is 0. The summed E-state index contributed by atoms with van der Waals surface area (Å²) in [6.07, 6.45) is 1.87. The summed E-state index contributed by atoms with van der Waals surface area (Å²) in [6.45, 7) is 0.984. The summed E-state index contributed by atoms with van der Waals surface area (Å²) in [6, 6.07) is 12.1. The van der Waals surface area contributed by atoms with Gasteiger partial charge in [0.2, 0.25) is 11.8 Å². The Morgan fingerprint density at radius 3 is 2.59 bits per heavy atom. The Hall–Kier alpha value is -2.51. The first-order valence-electron chi connectivity index (χ1n) is 9.26. The van der Waals surface area contributed by atoms with Crippen LogP contribution in [0.2, 0.25) is 5.02 Å². The number of halogens is 1. The molecule has 2 heterocycles. The molecule has 0 bridgehead atoms. The van der Waals surface area contributed by atoms with E-state index in [2.05, 4.69) is 5.32 Å². The molecule has 2 aliphatic rings. The fourth-order valence-corrected chi connectivity index (χ4v) is 4.27. The normalized spacial score (nSPS) is 18.6. The lowest BCUT2D eigenvalue weighted by Gasteiger charge is -2.39. The van der Waals surface area contributed by atoms with Gasteiger partial charge in [-0.15, -0.1) is 0 Å². The SMILES string of the molecule is CSCC(=O)N1CCN2C(=O)c3cc(-c4ccc(Cl)cc4)ccc3NC(=O)C2C1. The highest BCUT2D eigenvalue weighted by Gasteiger charge is 2.40. The van der Waals surface area contributed by atoms with Crippen LogP contribution in [0.3, 0.4) is 0 Å². The van der Waals surface area contributed by atoms with E-state index in [9.17, 15) is 14.4 Å². The van der Waals surface area contributed by atoms with E-state index in [4.69, 9.17) is 11.6 Å². The van der Waals surface area contributed by atoms with Gasteiger partial charge in [0.05, 0.1) is 23.5 Å². The minimum Gasteiger partial charge on any atom is -0.338 e. The monoisotopic (exact) mass is 429 g/mol. The van der Waals surface area contributed by atoms with Crippen LogP contribution < -0.4 is 5.32 Å². The van der Waals surface area contributed by atoms with Crippen molar-refractivity contribution in [1.29, 1.82) is 0 Å². The number of amides is 3. The van der Waals surface area contributed by atoms with Crippen molar-refractivity contribution in [1.82, 2.24) is 9.80 Å². The summed E-state index contributed by atoms with van der Waals surface area (Å²) in [5.41, 5.74) is 2.76. The highest BCUT2D eigenvalue weighted by molar-refractivity contribution is 7.99. The lowest BCUT2D eigenvalue weighted by atomic mass is 10.0. The third-order valence-electron chi connectivity index (χ3n) is 5.25. The van der Waals surface area contributed by atoms with E-state index >= 15 is 0 Å². The van der Waals surface area contributed by atoms with Gasteiger partial charge in [0, 0.05) is 18.1 Å². The van der Waals surface area contributed by atoms with Crippen molar-refractivity contribution >= 4 is 46.8 Å². The third kappa shape index (κ3) is 3.84. The molecule has 1 atom stereocenters. The Morgan fingerprint density at radius 1 is 1.14 bits per heavy atom. The van der Waals surface area contributed by atoms with E-state index in [0.29, 0.717) is 35.1 Å². The molecular formula is C21H20ClN3O3S. The number of piperazine rings is 1. The van der Waals surface area contributed by atoms with Crippen LogP contribution in [0, 0.1) is 0 Å². The number of nitrogens with one attached hydrogen (secondary N) is 1. The standard InChI is InChI=1S/C21H20ClN3O3S/c1-29-12-19(26)24-8-9-25-18(11-24)20(27)23-17-7-4-14(10-16(17)21(25)28)13-2-5-15(22)6-3-13/h2-7,10,18H,8-9,11-12H2,1H3,(H,23,27). The zero-order valence-electron chi connectivity index (χ0n) is 15.9. The van der Waals surface area contributed by atoms with Gasteiger partial charge in [-0.3, -0.25) is 14.4 Å². The fourth-order valence-electron chi connectivity index (χ4n) is 3.71. The first-order chi connectivity index (χ1) is 14.0. The van der Waals surface area contributed by atoms with Gasteiger partial charge in [0.25, 0.3) is 5.91 Å². The van der Waals surface area contributed by atoms with Crippen LogP contribution in [0.25, 0.3) is 11.1 Å². The summed E-state index contributed by atoms with van der Waals surface area (Å²) in [5.74, 6) is -0.106. The molecule has 1 fully saturated rings. The van der Waals surface area contributed by atoms with Gasteiger partial charge >= 0.3 is 0 Å². The zero-order valence-corrected chi connectivity index (χ0v) is 17.4. The van der Waals surface area contributed by atoms with Crippen LogP contribution >= 0.6 is 23.4 Å². The van der Waals surface area contributed by atoms with Crippen molar-refractivity contribution in [3.8, 4) is 11.1 Å². The van der Waals surface area contributed by atoms with E-state index in [1.54, 1.807) is 34.1 Å². The van der Waals surface area contributed by atoms with Crippen LogP contribution in [0.1, 0.15) is 10.4 Å². The maximum absolute atomic E-state index is 13.3. The molecule has 1 N–H and O–H groups in total. The molecule has 4 rings (SSSR count). The molecule has 0 spiro atoms. The molecule has 0 saturated carbocycles. The molecule has 6 nitrogen and oxygen atoms in total. The fraction of sp³-hybridized carbons (Fsp3) is 0.286. The number of benzene rings is 2. The molecule has 0 aliphatic carbocycles. The predicted molar refractivity (Wildman–Crippen MR) is 115 cm³/mol. The van der Waals surface area contributed by atoms with Gasteiger partial charge in [0.15, 0.2) is 0 Å². The molecule has 3 amide bonds. The Bertz CT molecular complexity index is 980. The number of carbonyl (C=O) groups is 3. The summed E-state index contributed by atoms with van der Waals surface area (Å²) >= 11 is 7.42. The predicted octanol–water partition coefficient (Wildman–Crippen LogP) is 2.98. The van der Waals surface area contributed by atoms with Crippen molar-refractivity contribution in [3.05, 3.63) is 53.1 Å². The highest BCUT2D eigenvalue weighted by Crippen LogP contribution is 2.30. The van der Waals surface area contributed by atoms with Gasteiger partial charge in [-0.2, -0.15) is 11.8 Å². The topological polar surface area (TPSA) is 69.7 Å². The number of fused-ring (bicyclic) bond motifs is 2. The minimum atomic E-state index is -0.687. The third-order valence-corrected chi connectivity index (χ3v) is 6.04. The molecule has 2 aromatic carbocycles. The van der Waals surface area contributed by atoms with E-state index in [-0.39, 0.29) is 24.3 Å². The lowest BCUT2D eigenvalue weighted by Crippen LogP contribution is -2.59. The molecule has 0 aromatic heterocycles.